The van der Waals surface area contributed by atoms with Crippen molar-refractivity contribution in [3.63, 3.8) is 0 Å². The van der Waals surface area contributed by atoms with Crippen molar-refractivity contribution in [2.75, 3.05) is 11.4 Å². The molecule has 82 valence electrons. The van der Waals surface area contributed by atoms with E-state index in [1.54, 1.807) is 6.20 Å². The predicted molar refractivity (Wildman–Crippen MR) is 60.6 cm³/mol. The molecule has 0 unspecified atom stereocenters. The van der Waals surface area contributed by atoms with Gasteiger partial charge in [0.1, 0.15) is 5.82 Å². The SMILES string of the molecule is CCCN(c1cncc(CN)n1)C1CC1. The molecule has 0 aliphatic heterocycles. The Bertz CT molecular complexity index is 322. The third-order valence-corrected chi connectivity index (χ3v) is 2.63. The van der Waals surface area contributed by atoms with Gasteiger partial charge in [-0.3, -0.25) is 4.98 Å². The lowest BCUT2D eigenvalue weighted by molar-refractivity contribution is 0.742. The fraction of sp³-hybridized carbons (Fsp3) is 0.636. The fourth-order valence-corrected chi connectivity index (χ4v) is 1.74. The van der Waals surface area contributed by atoms with Crippen LogP contribution in [0.1, 0.15) is 31.9 Å². The van der Waals surface area contributed by atoms with Crippen LogP contribution in [0.2, 0.25) is 0 Å². The standard InChI is InChI=1S/C11H18N4/c1-2-5-15(10-3-4-10)11-8-13-7-9(6-12)14-11/h7-8,10H,2-6,12H2,1H3. The van der Waals surface area contributed by atoms with E-state index in [2.05, 4.69) is 21.8 Å². The average Bonchev–Trinajstić information content (AvgIpc) is 3.10. The molecule has 2 N–H and O–H groups in total. The summed E-state index contributed by atoms with van der Waals surface area (Å²) in [5.74, 6) is 0.988. The van der Waals surface area contributed by atoms with E-state index in [0.29, 0.717) is 12.6 Å². The molecule has 1 saturated carbocycles. The van der Waals surface area contributed by atoms with Crippen LogP contribution in [0.4, 0.5) is 5.82 Å². The number of nitrogens with two attached hydrogens (primary N) is 1. The van der Waals surface area contributed by atoms with Gasteiger partial charge < -0.3 is 10.6 Å². The Morgan fingerprint density at radius 3 is 2.87 bits per heavy atom. The summed E-state index contributed by atoms with van der Waals surface area (Å²) >= 11 is 0. The van der Waals surface area contributed by atoms with Gasteiger partial charge in [-0.1, -0.05) is 6.92 Å². The maximum absolute atomic E-state index is 5.56. The summed E-state index contributed by atoms with van der Waals surface area (Å²) in [7, 11) is 0. The summed E-state index contributed by atoms with van der Waals surface area (Å²) in [5.41, 5.74) is 6.43. The van der Waals surface area contributed by atoms with E-state index in [1.807, 2.05) is 6.20 Å². The van der Waals surface area contributed by atoms with Crippen LogP contribution in [0, 0.1) is 0 Å². The number of hydrogen-bond donors (Lipinski definition) is 1. The molecule has 1 aliphatic rings. The number of nitrogens with zero attached hydrogens (tertiary/aromatic N) is 3. The lowest BCUT2D eigenvalue weighted by atomic mass is 10.3. The largest absolute Gasteiger partial charge is 0.352 e. The smallest absolute Gasteiger partial charge is 0.147 e. The van der Waals surface area contributed by atoms with Crippen LogP contribution in [0.25, 0.3) is 0 Å². The van der Waals surface area contributed by atoms with Gasteiger partial charge in [0, 0.05) is 25.3 Å². The normalized spacial score (nSPS) is 15.3. The Morgan fingerprint density at radius 2 is 2.27 bits per heavy atom. The van der Waals surface area contributed by atoms with Gasteiger partial charge in [-0.15, -0.1) is 0 Å². The molecule has 1 heterocycles. The highest BCUT2D eigenvalue weighted by Crippen LogP contribution is 2.30. The molecule has 4 heteroatoms. The first-order valence-corrected chi connectivity index (χ1v) is 5.62. The molecule has 0 spiro atoms. The third kappa shape index (κ3) is 2.45. The molecule has 2 rings (SSSR count). The number of hydrogen-bond acceptors (Lipinski definition) is 4. The zero-order valence-corrected chi connectivity index (χ0v) is 9.19. The van der Waals surface area contributed by atoms with Gasteiger partial charge in [-0.05, 0) is 19.3 Å². The maximum Gasteiger partial charge on any atom is 0.147 e. The zero-order valence-electron chi connectivity index (χ0n) is 9.19. The van der Waals surface area contributed by atoms with Crippen molar-refractivity contribution < 1.29 is 0 Å². The first-order chi connectivity index (χ1) is 7.35. The van der Waals surface area contributed by atoms with Gasteiger partial charge in [0.25, 0.3) is 0 Å². The molecule has 0 saturated heterocycles. The molecule has 0 radical (unpaired) electrons. The van der Waals surface area contributed by atoms with Crippen LogP contribution < -0.4 is 10.6 Å². The van der Waals surface area contributed by atoms with Crippen molar-refractivity contribution >= 4 is 5.82 Å². The van der Waals surface area contributed by atoms with Crippen molar-refractivity contribution in [2.45, 2.75) is 38.8 Å². The number of rotatable bonds is 5. The van der Waals surface area contributed by atoms with Crippen molar-refractivity contribution in [3.8, 4) is 0 Å². The van der Waals surface area contributed by atoms with E-state index in [4.69, 9.17) is 5.73 Å². The first kappa shape index (κ1) is 10.4. The topological polar surface area (TPSA) is 55.0 Å². The zero-order chi connectivity index (χ0) is 10.7. The van der Waals surface area contributed by atoms with E-state index in [-0.39, 0.29) is 0 Å². The second kappa shape index (κ2) is 4.57. The Kier molecular flexibility index (Phi) is 3.16. The summed E-state index contributed by atoms with van der Waals surface area (Å²) < 4.78 is 0. The van der Waals surface area contributed by atoms with Gasteiger partial charge in [0.2, 0.25) is 0 Å². The van der Waals surface area contributed by atoms with Crippen LogP contribution in [0.3, 0.4) is 0 Å². The number of anilines is 1. The summed E-state index contributed by atoms with van der Waals surface area (Å²) in [4.78, 5) is 11.0. The second-order valence-electron chi connectivity index (χ2n) is 4.00. The molecule has 0 aromatic carbocycles. The van der Waals surface area contributed by atoms with Gasteiger partial charge in [-0.25, -0.2) is 4.98 Å². The molecule has 1 fully saturated rings. The van der Waals surface area contributed by atoms with Crippen molar-refractivity contribution in [2.24, 2.45) is 5.73 Å². The number of aromatic nitrogens is 2. The highest BCUT2D eigenvalue weighted by Gasteiger charge is 2.29. The van der Waals surface area contributed by atoms with Gasteiger partial charge >= 0.3 is 0 Å². The highest BCUT2D eigenvalue weighted by molar-refractivity contribution is 5.39. The summed E-state index contributed by atoms with van der Waals surface area (Å²) in [5, 5.41) is 0. The highest BCUT2D eigenvalue weighted by atomic mass is 15.2. The van der Waals surface area contributed by atoms with Crippen LogP contribution in [-0.2, 0) is 6.54 Å². The average molecular weight is 206 g/mol. The molecule has 4 nitrogen and oxygen atoms in total. The second-order valence-corrected chi connectivity index (χ2v) is 4.00. The first-order valence-electron chi connectivity index (χ1n) is 5.62. The van der Waals surface area contributed by atoms with Crippen LogP contribution in [0.5, 0.6) is 0 Å². The quantitative estimate of drug-likeness (QED) is 0.789. The van der Waals surface area contributed by atoms with E-state index in [9.17, 15) is 0 Å². The van der Waals surface area contributed by atoms with E-state index in [0.717, 1.165) is 24.5 Å². The molecular formula is C11H18N4. The lowest BCUT2D eigenvalue weighted by Gasteiger charge is -2.22. The molecule has 1 aromatic heterocycles. The molecular weight excluding hydrogens is 188 g/mol. The Labute approximate surface area is 90.5 Å². The minimum atomic E-state index is 0.464. The van der Waals surface area contributed by atoms with Crippen LogP contribution >= 0.6 is 0 Å². The minimum Gasteiger partial charge on any atom is -0.352 e. The Hall–Kier alpha value is -1.16. The molecule has 0 atom stereocenters. The Balaban J connectivity index is 2.16. The maximum atomic E-state index is 5.56. The lowest BCUT2D eigenvalue weighted by Crippen LogP contribution is -2.27. The predicted octanol–water partition coefficient (Wildman–Crippen LogP) is 1.31. The van der Waals surface area contributed by atoms with Gasteiger partial charge in [0.15, 0.2) is 0 Å². The monoisotopic (exact) mass is 206 g/mol. The summed E-state index contributed by atoms with van der Waals surface area (Å²) in [6.45, 7) is 3.72. The third-order valence-electron chi connectivity index (χ3n) is 2.63. The van der Waals surface area contributed by atoms with Gasteiger partial charge in [0.05, 0.1) is 11.9 Å². The van der Waals surface area contributed by atoms with Crippen molar-refractivity contribution in [1.29, 1.82) is 0 Å². The van der Waals surface area contributed by atoms with Crippen molar-refractivity contribution in [3.05, 3.63) is 18.1 Å². The molecule has 1 aliphatic carbocycles. The van der Waals surface area contributed by atoms with E-state index in [1.165, 1.54) is 12.8 Å². The van der Waals surface area contributed by atoms with Gasteiger partial charge in [-0.2, -0.15) is 0 Å². The van der Waals surface area contributed by atoms with Crippen LogP contribution in [0.15, 0.2) is 12.4 Å². The molecule has 0 amide bonds. The van der Waals surface area contributed by atoms with Crippen LogP contribution in [-0.4, -0.2) is 22.6 Å². The van der Waals surface area contributed by atoms with Crippen molar-refractivity contribution in [1.82, 2.24) is 9.97 Å². The Morgan fingerprint density at radius 1 is 1.47 bits per heavy atom. The molecule has 0 bridgehead atoms. The van der Waals surface area contributed by atoms with E-state index < -0.39 is 0 Å². The molecule has 15 heavy (non-hydrogen) atoms. The molecule has 1 aromatic rings. The summed E-state index contributed by atoms with van der Waals surface area (Å²) in [6, 6.07) is 0.687. The fourth-order valence-electron chi connectivity index (χ4n) is 1.74. The summed E-state index contributed by atoms with van der Waals surface area (Å²) in [6.07, 6.45) is 7.29. The van der Waals surface area contributed by atoms with E-state index >= 15 is 0 Å². The minimum absolute atomic E-state index is 0.464.